The van der Waals surface area contributed by atoms with Gasteiger partial charge in [-0.15, -0.1) is 0 Å². The van der Waals surface area contributed by atoms with Crippen LogP contribution in [0.5, 0.6) is 0 Å². The smallest absolute Gasteiger partial charge is 0.135 e. The topological polar surface area (TPSA) is 59.0 Å². The van der Waals surface area contributed by atoms with Crippen LogP contribution in [0.15, 0.2) is 424 Å². The Labute approximate surface area is 752 Å². The summed E-state index contributed by atoms with van der Waals surface area (Å²) in [6, 6.07) is 143. The number of fused-ring (bicyclic) bond motifs is 6. The quantitative estimate of drug-likeness (QED) is 0.102. The van der Waals surface area contributed by atoms with Crippen LogP contribution < -0.4 is 9.80 Å². The Kier molecular flexibility index (Phi) is 22.4. The molecule has 0 aliphatic heterocycles. The summed E-state index contributed by atoms with van der Waals surface area (Å²) < 4.78 is 25.5. The van der Waals surface area contributed by atoms with Crippen LogP contribution >= 0.6 is 23.2 Å². The fourth-order valence-corrected chi connectivity index (χ4v) is 17.1. The number of nitrogens with zero attached hydrogens (tertiary/aromatic N) is 2. The van der Waals surface area contributed by atoms with Crippen molar-refractivity contribution >= 4 is 123 Å². The van der Waals surface area contributed by atoms with Crippen LogP contribution in [0.4, 0.5) is 34.1 Å². The van der Waals surface area contributed by atoms with Gasteiger partial charge < -0.3 is 27.5 Å². The Bertz CT molecular complexity index is 7020. The first-order chi connectivity index (χ1) is 61.5. The molecule has 0 N–H and O–H groups in total. The van der Waals surface area contributed by atoms with E-state index in [0.717, 1.165) is 151 Å². The molecule has 0 spiro atoms. The Hall–Kier alpha value is -14.4. The minimum atomic E-state index is 0.00578. The van der Waals surface area contributed by atoms with E-state index in [1.165, 1.54) is 61.2 Å². The predicted octanol–water partition coefficient (Wildman–Crippen LogP) is 35.7. The van der Waals surface area contributed by atoms with Gasteiger partial charge in [0.15, 0.2) is 0 Å². The summed E-state index contributed by atoms with van der Waals surface area (Å²) in [5.41, 5.74) is 28.1. The molecule has 620 valence electrons. The van der Waals surface area contributed by atoms with Gasteiger partial charge in [-0.2, -0.15) is 0 Å². The molecule has 127 heavy (non-hydrogen) atoms. The van der Waals surface area contributed by atoms with E-state index in [9.17, 15) is 0 Å². The molecule has 0 fully saturated rings. The Morgan fingerprint density at radius 3 is 0.787 bits per heavy atom. The van der Waals surface area contributed by atoms with Gasteiger partial charge >= 0.3 is 0 Å². The first-order valence-electron chi connectivity index (χ1n) is 43.4. The van der Waals surface area contributed by atoms with Gasteiger partial charge in [0.1, 0.15) is 45.4 Å². The van der Waals surface area contributed by atoms with Crippen LogP contribution in [-0.2, 0) is 22.7 Å². The normalized spacial score (nSPS) is 11.8. The van der Waals surface area contributed by atoms with Gasteiger partial charge in [-0.25, -0.2) is 0 Å². The van der Waals surface area contributed by atoms with E-state index in [2.05, 4.69) is 430 Å². The molecule has 21 rings (SSSR count). The van der Waals surface area contributed by atoms with Crippen LogP contribution in [0.3, 0.4) is 0 Å². The first kappa shape index (κ1) is 82.2. The van der Waals surface area contributed by atoms with Crippen molar-refractivity contribution in [1.29, 1.82) is 0 Å². The number of hydrogen-bond donors (Lipinski definition) is 0. The molecule has 0 saturated heterocycles. The molecular weight excluding hydrogens is 1590 g/mol. The van der Waals surface area contributed by atoms with Gasteiger partial charge in [-0.3, -0.25) is 0 Å². The summed E-state index contributed by atoms with van der Waals surface area (Å²) in [7, 11) is 0. The Balaban J connectivity index is 0.000000160. The van der Waals surface area contributed by atoms with E-state index in [1.54, 1.807) is 0 Å². The minimum absolute atomic E-state index is 0.00578. The fraction of sp³-hybridized carbons (Fsp3) is 0.109. The molecule has 0 unspecified atom stereocenters. The molecule has 0 aliphatic carbocycles. The van der Waals surface area contributed by atoms with Crippen LogP contribution in [0, 0.1) is 0 Å². The molecule has 0 aliphatic rings. The molecule has 17 aromatic carbocycles. The summed E-state index contributed by atoms with van der Waals surface area (Å²) in [6.45, 7) is 20.4. The SMILES string of the molecule is CC(C)(C)c1cccc(Cc2cccc(-c3ccccc3)c2)c1.CC(C)(C)c1cccc(N(c2ccc(-c3cc4cc5cc6cc(-c7ccc(N(c8cccc(-c9ccccc9)c8)c8cccc(C(C)(C)C)c8)cc7)oc6cc5cc4o3)cc2)c2cccc(-c3ccccc3)c2)c1.Clc1ccc(-c2cc3cc4cc5cc(-c6ccc(Cl)cc6)oc5cc4cc3o2)cc1. The first-order valence-corrected chi connectivity index (χ1v) is 44.2. The minimum Gasteiger partial charge on any atom is -0.456 e. The molecule has 4 heterocycles. The highest BCUT2D eigenvalue weighted by Gasteiger charge is 2.24. The van der Waals surface area contributed by atoms with Crippen LogP contribution in [-0.4, -0.2) is 0 Å². The van der Waals surface area contributed by atoms with Crippen molar-refractivity contribution in [3.05, 3.63) is 444 Å². The third-order valence-corrected chi connectivity index (χ3v) is 24.4. The second-order valence-corrected chi connectivity index (χ2v) is 37.0. The molecule has 0 saturated carbocycles. The Morgan fingerprint density at radius 1 is 0.197 bits per heavy atom. The molecule has 8 heteroatoms. The third kappa shape index (κ3) is 18.2. The van der Waals surface area contributed by atoms with E-state index in [-0.39, 0.29) is 16.2 Å². The highest BCUT2D eigenvalue weighted by atomic mass is 35.5. The highest BCUT2D eigenvalue weighted by molar-refractivity contribution is 6.31. The number of anilines is 6. The molecule has 21 aromatic rings. The van der Waals surface area contributed by atoms with Crippen molar-refractivity contribution in [3.8, 4) is 78.7 Å². The number of halogens is 2. The molecule has 4 aromatic heterocycles. The maximum atomic E-state index is 6.63. The second kappa shape index (κ2) is 34.6. The molecule has 0 atom stereocenters. The lowest BCUT2D eigenvalue weighted by atomic mass is 9.85. The molecule has 0 bridgehead atoms. The average Bonchev–Trinajstić information content (AvgIpc) is 1.61. The van der Waals surface area contributed by atoms with Crippen LogP contribution in [0.2, 0.25) is 10.0 Å². The lowest BCUT2D eigenvalue weighted by molar-refractivity contribution is 0.589. The van der Waals surface area contributed by atoms with Gasteiger partial charge in [-0.1, -0.05) is 274 Å². The fourth-order valence-electron chi connectivity index (χ4n) is 16.9. The van der Waals surface area contributed by atoms with Gasteiger partial charge in [0.2, 0.25) is 0 Å². The third-order valence-electron chi connectivity index (χ3n) is 23.9. The number of hydrogen-bond acceptors (Lipinski definition) is 6. The van der Waals surface area contributed by atoms with Gasteiger partial charge in [0.05, 0.1) is 0 Å². The maximum Gasteiger partial charge on any atom is 0.135 e. The lowest BCUT2D eigenvalue weighted by Gasteiger charge is -2.28. The van der Waals surface area contributed by atoms with Gasteiger partial charge in [-0.05, 0) is 324 Å². The van der Waals surface area contributed by atoms with E-state index < -0.39 is 0 Å². The molecular formula is C119H96Cl2N2O4. The lowest BCUT2D eigenvalue weighted by Crippen LogP contribution is -2.14. The molecule has 0 amide bonds. The van der Waals surface area contributed by atoms with Crippen molar-refractivity contribution in [3.63, 3.8) is 0 Å². The van der Waals surface area contributed by atoms with Crippen LogP contribution in [0.1, 0.15) is 90.1 Å². The molecule has 6 nitrogen and oxygen atoms in total. The summed E-state index contributed by atoms with van der Waals surface area (Å²) in [4.78, 5) is 4.70. The second-order valence-electron chi connectivity index (χ2n) is 36.1. The zero-order chi connectivity index (χ0) is 87.1. The number of furan rings is 4. The summed E-state index contributed by atoms with van der Waals surface area (Å²) in [6.07, 6.45) is 0.977. The van der Waals surface area contributed by atoms with E-state index in [0.29, 0.717) is 10.0 Å². The van der Waals surface area contributed by atoms with Gasteiger partial charge in [0, 0.05) is 88.0 Å². The zero-order valence-electron chi connectivity index (χ0n) is 72.7. The highest BCUT2D eigenvalue weighted by Crippen LogP contribution is 2.45. The monoisotopic (exact) mass is 1690 g/mol. The van der Waals surface area contributed by atoms with E-state index in [4.69, 9.17) is 40.9 Å². The van der Waals surface area contributed by atoms with Crippen molar-refractivity contribution in [2.24, 2.45) is 0 Å². The van der Waals surface area contributed by atoms with Crippen molar-refractivity contribution in [2.75, 3.05) is 9.80 Å². The van der Waals surface area contributed by atoms with E-state index in [1.807, 2.05) is 48.5 Å². The standard InChI is InChI=1S/C70H58N2O2.C26H14Cl2O2.C23H24/c1-69(2,3)57-23-15-27-63(45-57)71(61-25-13-21-51(39-61)47-17-9-7-10-18-47)59-33-29-49(30-34-59)65-43-55-37-53-38-56-44-66(74-68(56)42-54(53)41-67(55)73-65)50-31-35-60(36-32-50)72(64-28-16-24-58(46-64)70(4,5)6)62-26-14-22-52(40-62)48-19-11-8-12-20-48;27-21-5-1-15(2-6-21)23-13-19-9-17-10-20-14-24(16-3-7-22(28)8-4-16)30-26(20)12-18(17)11-25(19)29-23;1-23(2,3)22-14-8-10-19(17-22)15-18-9-7-13-21(16-18)20-11-5-4-6-12-20/h7-46H,1-6H3;1-14H;4-14,16-17H,15H2,1-3H3. The van der Waals surface area contributed by atoms with E-state index >= 15 is 0 Å². The van der Waals surface area contributed by atoms with Gasteiger partial charge in [0.25, 0.3) is 0 Å². The summed E-state index contributed by atoms with van der Waals surface area (Å²) in [5.74, 6) is 3.30. The predicted molar refractivity (Wildman–Crippen MR) is 536 cm³/mol. The number of rotatable bonds is 15. The van der Waals surface area contributed by atoms with Crippen molar-refractivity contribution < 1.29 is 17.7 Å². The maximum absolute atomic E-state index is 6.63. The zero-order valence-corrected chi connectivity index (χ0v) is 74.2. The van der Waals surface area contributed by atoms with Crippen molar-refractivity contribution in [2.45, 2.75) is 85.0 Å². The van der Waals surface area contributed by atoms with Crippen LogP contribution in [0.25, 0.3) is 144 Å². The largest absolute Gasteiger partial charge is 0.456 e. The molecule has 0 radical (unpaired) electrons. The number of benzene rings is 17. The Morgan fingerprint density at radius 2 is 0.457 bits per heavy atom. The average molecular weight is 1690 g/mol. The summed E-state index contributed by atoms with van der Waals surface area (Å²) >= 11 is 12.0. The summed E-state index contributed by atoms with van der Waals surface area (Å²) in [5, 5.41) is 10.1. The van der Waals surface area contributed by atoms with Crippen molar-refractivity contribution in [1.82, 2.24) is 0 Å².